The van der Waals surface area contributed by atoms with Crippen LogP contribution in [0.1, 0.15) is 10.4 Å². The highest BCUT2D eigenvalue weighted by atomic mass is 16.5. The van der Waals surface area contributed by atoms with Crippen molar-refractivity contribution >= 4 is 6.29 Å². The summed E-state index contributed by atoms with van der Waals surface area (Å²) in [4.78, 5) is 10.8. The number of methoxy groups -OCH3 is 2. The summed E-state index contributed by atoms with van der Waals surface area (Å²) in [6.45, 7) is 0. The van der Waals surface area contributed by atoms with Crippen molar-refractivity contribution in [2.75, 3.05) is 14.2 Å². The first kappa shape index (κ1) is 13.0. The van der Waals surface area contributed by atoms with Gasteiger partial charge in [-0.1, -0.05) is 18.2 Å². The van der Waals surface area contributed by atoms with E-state index in [-0.39, 0.29) is 11.3 Å². The lowest BCUT2D eigenvalue weighted by molar-refractivity contribution is 0.112. The third-order valence-electron chi connectivity index (χ3n) is 2.89. The Morgan fingerprint density at radius 1 is 1.05 bits per heavy atom. The first-order valence-electron chi connectivity index (χ1n) is 5.70. The van der Waals surface area contributed by atoms with Crippen LogP contribution < -0.4 is 9.47 Å². The number of rotatable bonds is 4. The lowest BCUT2D eigenvalue weighted by atomic mass is 10.0. The summed E-state index contributed by atoms with van der Waals surface area (Å²) in [5.74, 6) is 1.14. The predicted molar refractivity (Wildman–Crippen MR) is 72.0 cm³/mol. The molecular weight excluding hydrogens is 244 g/mol. The maximum atomic E-state index is 10.8. The van der Waals surface area contributed by atoms with Crippen LogP contribution in [0.25, 0.3) is 11.1 Å². The highest BCUT2D eigenvalue weighted by molar-refractivity contribution is 5.86. The largest absolute Gasteiger partial charge is 0.507 e. The van der Waals surface area contributed by atoms with Crippen molar-refractivity contribution in [3.05, 3.63) is 42.0 Å². The van der Waals surface area contributed by atoms with Gasteiger partial charge in [0.05, 0.1) is 19.8 Å². The van der Waals surface area contributed by atoms with Crippen LogP contribution in [0, 0.1) is 0 Å². The van der Waals surface area contributed by atoms with Crippen LogP contribution in [0.15, 0.2) is 36.4 Å². The number of aromatic hydroxyl groups is 1. The number of ether oxygens (including phenoxy) is 2. The molecule has 0 unspecified atom stereocenters. The van der Waals surface area contributed by atoms with E-state index < -0.39 is 0 Å². The van der Waals surface area contributed by atoms with Crippen LogP contribution in [-0.4, -0.2) is 25.6 Å². The van der Waals surface area contributed by atoms with E-state index in [1.807, 2.05) is 0 Å². The second kappa shape index (κ2) is 5.44. The fraction of sp³-hybridized carbons (Fsp3) is 0.133. The topological polar surface area (TPSA) is 55.8 Å². The summed E-state index contributed by atoms with van der Waals surface area (Å²) in [7, 11) is 3.10. The van der Waals surface area contributed by atoms with Crippen LogP contribution in [0.4, 0.5) is 0 Å². The van der Waals surface area contributed by atoms with Crippen molar-refractivity contribution in [3.8, 4) is 28.4 Å². The Balaban J connectivity index is 2.56. The molecule has 0 aromatic heterocycles. The van der Waals surface area contributed by atoms with Gasteiger partial charge in [0.1, 0.15) is 5.75 Å². The second-order valence-corrected chi connectivity index (χ2v) is 3.93. The summed E-state index contributed by atoms with van der Waals surface area (Å²) in [5, 5.41) is 10.0. The van der Waals surface area contributed by atoms with Crippen molar-refractivity contribution < 1.29 is 19.4 Å². The van der Waals surface area contributed by atoms with Crippen molar-refractivity contribution in [2.45, 2.75) is 0 Å². The van der Waals surface area contributed by atoms with Gasteiger partial charge in [0, 0.05) is 5.56 Å². The number of phenolic OH excluding ortho intramolecular Hbond substituents is 1. The third-order valence-corrected chi connectivity index (χ3v) is 2.89. The normalized spacial score (nSPS) is 10.0. The molecule has 4 heteroatoms. The number of hydrogen-bond acceptors (Lipinski definition) is 4. The highest BCUT2D eigenvalue weighted by Crippen LogP contribution is 2.36. The minimum Gasteiger partial charge on any atom is -0.507 e. The highest BCUT2D eigenvalue weighted by Gasteiger charge is 2.11. The fourth-order valence-electron chi connectivity index (χ4n) is 1.89. The minimum atomic E-state index is -0.0373. The number of carbonyl (C=O) groups is 1. The van der Waals surface area contributed by atoms with E-state index in [0.717, 1.165) is 5.56 Å². The van der Waals surface area contributed by atoms with Crippen molar-refractivity contribution in [3.63, 3.8) is 0 Å². The smallest absolute Gasteiger partial charge is 0.161 e. The van der Waals surface area contributed by atoms with Crippen LogP contribution in [-0.2, 0) is 0 Å². The Morgan fingerprint density at radius 2 is 1.79 bits per heavy atom. The number of para-hydroxylation sites is 1. The molecule has 0 saturated heterocycles. The third kappa shape index (κ3) is 2.38. The van der Waals surface area contributed by atoms with E-state index in [1.54, 1.807) is 50.6 Å². The molecule has 0 atom stereocenters. The monoisotopic (exact) mass is 258 g/mol. The number of hydrogen-bond donors (Lipinski definition) is 1. The lowest BCUT2D eigenvalue weighted by Gasteiger charge is -2.11. The molecule has 0 bridgehead atoms. The summed E-state index contributed by atoms with van der Waals surface area (Å²) < 4.78 is 10.4. The Morgan fingerprint density at radius 3 is 2.42 bits per heavy atom. The minimum absolute atomic E-state index is 0.0373. The van der Waals surface area contributed by atoms with E-state index in [4.69, 9.17) is 9.47 Å². The van der Waals surface area contributed by atoms with Gasteiger partial charge in [-0.2, -0.15) is 0 Å². The zero-order chi connectivity index (χ0) is 13.8. The summed E-state index contributed by atoms with van der Waals surface area (Å²) >= 11 is 0. The SMILES string of the molecule is COc1ccc(-c2cccc(C=O)c2O)cc1OC. The first-order valence-corrected chi connectivity index (χ1v) is 5.70. The Hall–Kier alpha value is -2.49. The lowest BCUT2D eigenvalue weighted by Crippen LogP contribution is -1.91. The van der Waals surface area contributed by atoms with E-state index in [1.165, 1.54) is 0 Å². The van der Waals surface area contributed by atoms with Gasteiger partial charge < -0.3 is 14.6 Å². The molecule has 98 valence electrons. The Bertz CT molecular complexity index is 605. The zero-order valence-corrected chi connectivity index (χ0v) is 10.7. The molecule has 19 heavy (non-hydrogen) atoms. The molecule has 2 rings (SSSR count). The number of phenols is 1. The second-order valence-electron chi connectivity index (χ2n) is 3.93. The summed E-state index contributed by atoms with van der Waals surface area (Å²) in [6.07, 6.45) is 0.625. The molecule has 2 aromatic rings. The Labute approximate surface area is 111 Å². The van der Waals surface area contributed by atoms with Gasteiger partial charge in [-0.3, -0.25) is 4.79 Å². The molecule has 0 fully saturated rings. The molecular formula is C15H14O4. The number of aldehydes is 1. The van der Waals surface area contributed by atoms with E-state index in [2.05, 4.69) is 0 Å². The zero-order valence-electron chi connectivity index (χ0n) is 10.7. The average molecular weight is 258 g/mol. The maximum absolute atomic E-state index is 10.8. The van der Waals surface area contributed by atoms with Gasteiger partial charge in [-0.25, -0.2) is 0 Å². The molecule has 4 nitrogen and oxygen atoms in total. The summed E-state index contributed by atoms with van der Waals surface area (Å²) in [6, 6.07) is 10.3. The number of carbonyl (C=O) groups excluding carboxylic acids is 1. The molecule has 0 aliphatic heterocycles. The van der Waals surface area contributed by atoms with Crippen molar-refractivity contribution in [2.24, 2.45) is 0 Å². The van der Waals surface area contributed by atoms with E-state index in [9.17, 15) is 9.90 Å². The number of benzene rings is 2. The van der Waals surface area contributed by atoms with Crippen LogP contribution in [0.2, 0.25) is 0 Å². The summed E-state index contributed by atoms with van der Waals surface area (Å²) in [5.41, 5.74) is 1.58. The maximum Gasteiger partial charge on any atom is 0.161 e. The van der Waals surface area contributed by atoms with Crippen molar-refractivity contribution in [1.29, 1.82) is 0 Å². The Kier molecular flexibility index (Phi) is 3.71. The molecule has 0 heterocycles. The standard InChI is InChI=1S/C15H14O4/c1-18-13-7-6-10(8-14(13)19-2)12-5-3-4-11(9-16)15(12)17/h3-9,17H,1-2H3. The van der Waals surface area contributed by atoms with Gasteiger partial charge in [0.25, 0.3) is 0 Å². The molecule has 0 saturated carbocycles. The van der Waals surface area contributed by atoms with Crippen LogP contribution >= 0.6 is 0 Å². The molecule has 0 radical (unpaired) electrons. The fourth-order valence-corrected chi connectivity index (χ4v) is 1.89. The van der Waals surface area contributed by atoms with Crippen LogP contribution in [0.3, 0.4) is 0 Å². The van der Waals surface area contributed by atoms with Gasteiger partial charge in [0.2, 0.25) is 0 Å². The van der Waals surface area contributed by atoms with E-state index in [0.29, 0.717) is 23.3 Å². The van der Waals surface area contributed by atoms with Gasteiger partial charge in [-0.15, -0.1) is 0 Å². The average Bonchev–Trinajstić information content (AvgIpc) is 2.46. The van der Waals surface area contributed by atoms with Gasteiger partial charge in [0.15, 0.2) is 17.8 Å². The van der Waals surface area contributed by atoms with Crippen LogP contribution in [0.5, 0.6) is 17.2 Å². The molecule has 0 aliphatic rings. The molecule has 0 aliphatic carbocycles. The molecule has 0 amide bonds. The molecule has 2 aromatic carbocycles. The van der Waals surface area contributed by atoms with Gasteiger partial charge >= 0.3 is 0 Å². The first-order chi connectivity index (χ1) is 9.21. The van der Waals surface area contributed by atoms with Gasteiger partial charge in [-0.05, 0) is 23.8 Å². The molecule has 0 spiro atoms. The quantitative estimate of drug-likeness (QED) is 0.857. The molecule has 1 N–H and O–H groups in total. The van der Waals surface area contributed by atoms with Crippen molar-refractivity contribution in [1.82, 2.24) is 0 Å². The predicted octanol–water partition coefficient (Wildman–Crippen LogP) is 2.89. The van der Waals surface area contributed by atoms with E-state index >= 15 is 0 Å².